The van der Waals surface area contributed by atoms with Gasteiger partial charge in [-0.2, -0.15) is 0 Å². The lowest BCUT2D eigenvalue weighted by molar-refractivity contribution is -0.291. The second-order valence-corrected chi connectivity index (χ2v) is 6.91. The fraction of sp³-hybridized carbons (Fsp3) is 1.00. The van der Waals surface area contributed by atoms with Crippen LogP contribution in [0.3, 0.4) is 0 Å². The topological polar surface area (TPSA) is 0 Å². The van der Waals surface area contributed by atoms with Crippen molar-refractivity contribution in [2.45, 2.75) is 52.4 Å². The van der Waals surface area contributed by atoms with Crippen LogP contribution < -0.4 is 0 Å². The smallest absolute Gasteiger partial charge is 0.0210 e. The first-order valence-corrected chi connectivity index (χ1v) is 6.69. The molecule has 4 saturated carbocycles. The van der Waals surface area contributed by atoms with Crippen molar-refractivity contribution in [2.75, 3.05) is 0 Å². The molecule has 0 bridgehead atoms. The van der Waals surface area contributed by atoms with Crippen molar-refractivity contribution >= 4 is 0 Å². The Hall–Kier alpha value is 0. The highest BCUT2D eigenvalue weighted by Gasteiger charge is 2.72. The highest BCUT2D eigenvalue weighted by molar-refractivity contribution is 5.21. The quantitative estimate of drug-likeness (QED) is 0.544. The summed E-state index contributed by atoms with van der Waals surface area (Å²) in [6.07, 6.45) is 9.45. The normalized spacial score (nSPS) is 69.0. The molecule has 0 N–H and O–H groups in total. The van der Waals surface area contributed by atoms with Crippen molar-refractivity contribution in [3.63, 3.8) is 0 Å². The van der Waals surface area contributed by atoms with Gasteiger partial charge in [0.25, 0.3) is 0 Å². The Morgan fingerprint density at radius 3 is 2.14 bits per heavy atom. The average Bonchev–Trinajstić information content (AvgIpc) is 2.05. The SMILES string of the molecule is CC1C2CCC2C2CCC23CC[C@@]13C. The van der Waals surface area contributed by atoms with Crippen LogP contribution in [0.25, 0.3) is 0 Å². The third kappa shape index (κ3) is 0.558. The first kappa shape index (κ1) is 8.19. The minimum Gasteiger partial charge on any atom is -0.0617 e. The molecule has 0 aromatic rings. The van der Waals surface area contributed by atoms with Gasteiger partial charge in [-0.3, -0.25) is 0 Å². The summed E-state index contributed by atoms with van der Waals surface area (Å²) < 4.78 is 0. The van der Waals surface area contributed by atoms with E-state index < -0.39 is 0 Å². The molecule has 0 aromatic heterocycles. The van der Waals surface area contributed by atoms with Gasteiger partial charge in [0, 0.05) is 0 Å². The van der Waals surface area contributed by atoms with Gasteiger partial charge in [-0.05, 0) is 73.0 Å². The number of hydrogen-bond acceptors (Lipinski definition) is 0. The highest BCUT2D eigenvalue weighted by atomic mass is 14.8. The van der Waals surface area contributed by atoms with Crippen molar-refractivity contribution < 1.29 is 0 Å². The summed E-state index contributed by atoms with van der Waals surface area (Å²) in [5.74, 6) is 4.54. The van der Waals surface area contributed by atoms with Crippen LogP contribution in [0, 0.1) is 34.5 Å². The molecule has 4 aliphatic rings. The first-order valence-electron chi connectivity index (χ1n) is 6.69. The van der Waals surface area contributed by atoms with Crippen molar-refractivity contribution in [3.05, 3.63) is 0 Å². The molecule has 0 heterocycles. The van der Waals surface area contributed by atoms with Crippen LogP contribution in [0.5, 0.6) is 0 Å². The Balaban J connectivity index is 1.79. The third-order valence-electron chi connectivity index (χ3n) is 7.39. The molecule has 14 heavy (non-hydrogen) atoms. The zero-order valence-corrected chi connectivity index (χ0v) is 9.55. The van der Waals surface area contributed by atoms with E-state index in [0.717, 1.165) is 22.7 Å². The predicted octanol–water partition coefficient (Wildman–Crippen LogP) is 3.86. The molecule has 6 atom stereocenters. The van der Waals surface area contributed by atoms with Crippen LogP contribution in [0.2, 0.25) is 0 Å². The Bertz CT molecular complexity index is 271. The largest absolute Gasteiger partial charge is 0.0617 e. The number of fused-ring (bicyclic) bond motifs is 2. The Morgan fingerprint density at radius 1 is 0.929 bits per heavy atom. The predicted molar refractivity (Wildman–Crippen MR) is 57.9 cm³/mol. The summed E-state index contributed by atoms with van der Waals surface area (Å²) >= 11 is 0. The second-order valence-electron chi connectivity index (χ2n) is 6.91. The summed E-state index contributed by atoms with van der Waals surface area (Å²) in [6, 6.07) is 0. The molecule has 4 aliphatic carbocycles. The van der Waals surface area contributed by atoms with E-state index >= 15 is 0 Å². The molecule has 0 aromatic carbocycles. The van der Waals surface area contributed by atoms with E-state index in [9.17, 15) is 0 Å². The Morgan fingerprint density at radius 2 is 1.71 bits per heavy atom. The van der Waals surface area contributed by atoms with Crippen molar-refractivity contribution in [3.8, 4) is 0 Å². The summed E-state index contributed by atoms with van der Waals surface area (Å²) in [5, 5.41) is 0. The zero-order valence-electron chi connectivity index (χ0n) is 9.55. The van der Waals surface area contributed by atoms with Gasteiger partial charge >= 0.3 is 0 Å². The lowest BCUT2D eigenvalue weighted by Crippen LogP contribution is -2.70. The maximum atomic E-state index is 2.63. The average molecular weight is 190 g/mol. The standard InChI is InChI=1S/C14H22/c1-9-10-3-4-11(10)12-5-6-14(12)8-7-13(9,14)2/h9-12H,3-8H2,1-2H3/t9?,10?,11?,12?,13-,14?/m0/s1. The lowest BCUT2D eigenvalue weighted by atomic mass is 9.27. The maximum absolute atomic E-state index is 2.63. The summed E-state index contributed by atoms with van der Waals surface area (Å²) in [5.41, 5.74) is 1.64. The first-order chi connectivity index (χ1) is 6.69. The number of hydrogen-bond donors (Lipinski definition) is 0. The molecule has 0 saturated heterocycles. The summed E-state index contributed by atoms with van der Waals surface area (Å²) in [6.45, 7) is 5.20. The molecule has 0 aliphatic heterocycles. The van der Waals surface area contributed by atoms with Crippen molar-refractivity contribution in [1.82, 2.24) is 0 Å². The molecule has 0 nitrogen and oxygen atoms in total. The second kappa shape index (κ2) is 2.08. The van der Waals surface area contributed by atoms with E-state index in [1.54, 1.807) is 38.5 Å². The monoisotopic (exact) mass is 190 g/mol. The third-order valence-corrected chi connectivity index (χ3v) is 7.39. The molecular formula is C14H22. The van der Waals surface area contributed by atoms with E-state index in [1.807, 2.05) is 0 Å². The molecule has 0 amide bonds. The Labute approximate surface area is 87.5 Å². The van der Waals surface area contributed by atoms with E-state index in [-0.39, 0.29) is 0 Å². The van der Waals surface area contributed by atoms with Crippen LogP contribution in [0.15, 0.2) is 0 Å². The minimum absolute atomic E-state index is 0.775. The van der Waals surface area contributed by atoms with Gasteiger partial charge in [0.05, 0.1) is 0 Å². The van der Waals surface area contributed by atoms with Gasteiger partial charge in [-0.1, -0.05) is 13.8 Å². The molecule has 0 radical (unpaired) electrons. The van der Waals surface area contributed by atoms with Crippen LogP contribution in [0.1, 0.15) is 52.4 Å². The fourth-order valence-corrected chi connectivity index (χ4v) is 5.97. The summed E-state index contributed by atoms with van der Waals surface area (Å²) in [7, 11) is 0. The van der Waals surface area contributed by atoms with Gasteiger partial charge < -0.3 is 0 Å². The van der Waals surface area contributed by atoms with Crippen LogP contribution in [-0.2, 0) is 0 Å². The highest BCUT2D eigenvalue weighted by Crippen LogP contribution is 2.80. The van der Waals surface area contributed by atoms with Crippen LogP contribution in [-0.4, -0.2) is 0 Å². The van der Waals surface area contributed by atoms with Crippen LogP contribution >= 0.6 is 0 Å². The van der Waals surface area contributed by atoms with E-state index in [4.69, 9.17) is 0 Å². The van der Waals surface area contributed by atoms with Crippen molar-refractivity contribution in [2.24, 2.45) is 34.5 Å². The van der Waals surface area contributed by atoms with E-state index in [1.165, 1.54) is 11.8 Å². The molecule has 4 rings (SSSR count). The fourth-order valence-electron chi connectivity index (χ4n) is 5.97. The van der Waals surface area contributed by atoms with Gasteiger partial charge in [-0.15, -0.1) is 0 Å². The van der Waals surface area contributed by atoms with Gasteiger partial charge in [-0.25, -0.2) is 0 Å². The maximum Gasteiger partial charge on any atom is -0.0210 e. The molecule has 0 heteroatoms. The number of rotatable bonds is 0. The van der Waals surface area contributed by atoms with E-state index in [2.05, 4.69) is 13.8 Å². The molecular weight excluding hydrogens is 168 g/mol. The molecule has 5 unspecified atom stereocenters. The molecule has 1 spiro atoms. The zero-order chi connectivity index (χ0) is 9.55. The van der Waals surface area contributed by atoms with Crippen LogP contribution in [0.4, 0.5) is 0 Å². The molecule has 4 fully saturated rings. The van der Waals surface area contributed by atoms with E-state index in [0.29, 0.717) is 0 Å². The minimum atomic E-state index is 0.775. The molecule has 78 valence electrons. The van der Waals surface area contributed by atoms with Crippen molar-refractivity contribution in [1.29, 1.82) is 0 Å². The van der Waals surface area contributed by atoms with Gasteiger partial charge in [0.1, 0.15) is 0 Å². The van der Waals surface area contributed by atoms with Gasteiger partial charge in [0.15, 0.2) is 0 Å². The lowest BCUT2D eigenvalue weighted by Gasteiger charge is -2.78. The summed E-state index contributed by atoms with van der Waals surface area (Å²) in [4.78, 5) is 0. The van der Waals surface area contributed by atoms with Gasteiger partial charge in [0.2, 0.25) is 0 Å². The Kier molecular flexibility index (Phi) is 1.22.